The summed E-state index contributed by atoms with van der Waals surface area (Å²) in [4.78, 5) is 12.1. The summed E-state index contributed by atoms with van der Waals surface area (Å²) >= 11 is 0. The summed E-state index contributed by atoms with van der Waals surface area (Å²) in [6.45, 7) is 12.9. The van der Waals surface area contributed by atoms with E-state index in [0.717, 1.165) is 0 Å². The third-order valence-electron chi connectivity index (χ3n) is 3.93. The first kappa shape index (κ1) is 11.3. The van der Waals surface area contributed by atoms with Gasteiger partial charge in [0, 0.05) is 11.3 Å². The van der Waals surface area contributed by atoms with E-state index in [-0.39, 0.29) is 11.5 Å². The fraction of sp³-hybridized carbons (Fsp3) is 0.917. The average molecular weight is 226 g/mol. The highest BCUT2D eigenvalue weighted by molar-refractivity contribution is 6.69. The second-order valence-electron chi connectivity index (χ2n) is 6.70. The monoisotopic (exact) mass is 226 g/mol. The zero-order chi connectivity index (χ0) is 11.6. The van der Waals surface area contributed by atoms with Crippen molar-refractivity contribution in [3.8, 4) is 0 Å². The number of fused-ring (bicyclic) bond motifs is 1. The van der Waals surface area contributed by atoms with Gasteiger partial charge in [0.05, 0.1) is 6.10 Å². The van der Waals surface area contributed by atoms with Crippen molar-refractivity contribution in [1.82, 2.24) is 0 Å². The Bertz CT molecular complexity index is 303. The van der Waals surface area contributed by atoms with Crippen molar-refractivity contribution in [2.45, 2.75) is 46.5 Å². The lowest BCUT2D eigenvalue weighted by molar-refractivity contribution is -0.130. The van der Waals surface area contributed by atoms with E-state index >= 15 is 0 Å². The summed E-state index contributed by atoms with van der Waals surface area (Å²) < 4.78 is 6.23. The van der Waals surface area contributed by atoms with Crippen LogP contribution in [0.4, 0.5) is 0 Å². The second kappa shape index (κ2) is 2.95. The van der Waals surface area contributed by atoms with Gasteiger partial charge in [0.2, 0.25) is 0 Å². The molecule has 0 N–H and O–H groups in total. The molecule has 0 radical (unpaired) electrons. The highest BCUT2D eigenvalue weighted by Crippen LogP contribution is 2.62. The first-order chi connectivity index (χ1) is 6.66. The van der Waals surface area contributed by atoms with Crippen LogP contribution in [0.15, 0.2) is 0 Å². The van der Waals surface area contributed by atoms with Crippen LogP contribution in [0.5, 0.6) is 0 Å². The minimum atomic E-state index is -1.54. The number of carbonyl (C=O) groups is 1. The number of Topliss-reactive ketones (excluding diaryl/α,β-unsaturated/α-hetero) is 1. The van der Waals surface area contributed by atoms with E-state index in [0.29, 0.717) is 23.5 Å². The smallest absolute Gasteiger partial charge is 0.184 e. The van der Waals surface area contributed by atoms with E-state index in [1.54, 1.807) is 0 Å². The molecule has 2 aliphatic rings. The lowest BCUT2D eigenvalue weighted by Gasteiger charge is -2.34. The van der Waals surface area contributed by atoms with E-state index < -0.39 is 8.32 Å². The number of carbonyl (C=O) groups excluding carboxylic acids is 1. The Kier molecular flexibility index (Phi) is 2.23. The molecule has 0 aromatic carbocycles. The zero-order valence-corrected chi connectivity index (χ0v) is 11.6. The Labute approximate surface area is 93.5 Å². The predicted octanol–water partition coefficient (Wildman–Crippen LogP) is 2.70. The topological polar surface area (TPSA) is 26.3 Å². The third kappa shape index (κ3) is 1.60. The van der Waals surface area contributed by atoms with Gasteiger partial charge < -0.3 is 4.43 Å². The van der Waals surface area contributed by atoms with Crippen molar-refractivity contribution >= 4 is 14.1 Å². The molecule has 15 heavy (non-hydrogen) atoms. The molecular formula is C12H22O2Si. The van der Waals surface area contributed by atoms with Crippen LogP contribution in [0, 0.1) is 23.2 Å². The normalized spacial score (nSPS) is 42.9. The molecule has 3 heteroatoms. The maximum atomic E-state index is 12.1. The van der Waals surface area contributed by atoms with Gasteiger partial charge in [-0.1, -0.05) is 20.8 Å². The molecule has 2 aliphatic carbocycles. The fourth-order valence-electron chi connectivity index (χ4n) is 3.03. The summed E-state index contributed by atoms with van der Waals surface area (Å²) in [6.07, 6.45) is 0.177. The number of hydrogen-bond donors (Lipinski definition) is 0. The molecule has 2 rings (SSSR count). The molecule has 2 nitrogen and oxygen atoms in total. The van der Waals surface area contributed by atoms with Crippen LogP contribution in [0.3, 0.4) is 0 Å². The second-order valence-corrected chi connectivity index (χ2v) is 11.2. The van der Waals surface area contributed by atoms with Gasteiger partial charge in [-0.3, -0.25) is 4.79 Å². The van der Waals surface area contributed by atoms with E-state index in [1.165, 1.54) is 0 Å². The van der Waals surface area contributed by atoms with E-state index in [1.807, 2.05) is 0 Å². The van der Waals surface area contributed by atoms with Gasteiger partial charge in [-0.2, -0.15) is 0 Å². The zero-order valence-electron chi connectivity index (χ0n) is 10.6. The molecule has 2 fully saturated rings. The van der Waals surface area contributed by atoms with Crippen LogP contribution in [-0.4, -0.2) is 20.2 Å². The molecule has 0 aromatic heterocycles. The largest absolute Gasteiger partial charge is 0.413 e. The summed E-state index contributed by atoms with van der Waals surface area (Å²) in [6, 6.07) is 0. The summed E-state index contributed by atoms with van der Waals surface area (Å²) in [5, 5.41) is 0. The highest BCUT2D eigenvalue weighted by atomic mass is 28.4. The maximum Gasteiger partial charge on any atom is 0.184 e. The summed E-state index contributed by atoms with van der Waals surface area (Å²) in [5.74, 6) is 1.82. The molecule has 0 bridgehead atoms. The Morgan fingerprint density at radius 2 is 1.80 bits per heavy atom. The van der Waals surface area contributed by atoms with E-state index in [2.05, 4.69) is 40.4 Å². The first-order valence-electron chi connectivity index (χ1n) is 5.88. The quantitative estimate of drug-likeness (QED) is 0.677. The van der Waals surface area contributed by atoms with Gasteiger partial charge in [0.25, 0.3) is 0 Å². The van der Waals surface area contributed by atoms with Gasteiger partial charge in [-0.05, 0) is 31.5 Å². The van der Waals surface area contributed by atoms with Crippen molar-refractivity contribution < 1.29 is 9.22 Å². The molecule has 0 amide bonds. The van der Waals surface area contributed by atoms with Crippen LogP contribution in [0.2, 0.25) is 19.6 Å². The standard InChI is InChI=1S/C12H22O2Si/c1-7-8-9(7)11(14-15(4,5)6)12(2,3)10(8)13/h7-9,11H,1-6H3/t7-,8-,9+,11+/m0/s1. The number of hydrogen-bond acceptors (Lipinski definition) is 2. The first-order valence-corrected chi connectivity index (χ1v) is 9.29. The SMILES string of the molecule is C[C@H]1[C@@H]2C(=O)C(C)(C)[C@H](O[Si](C)(C)C)[C@H]12. The van der Waals surface area contributed by atoms with Crippen molar-refractivity contribution in [3.63, 3.8) is 0 Å². The van der Waals surface area contributed by atoms with E-state index in [9.17, 15) is 4.79 Å². The Morgan fingerprint density at radius 1 is 1.27 bits per heavy atom. The van der Waals surface area contributed by atoms with Crippen LogP contribution in [0.1, 0.15) is 20.8 Å². The van der Waals surface area contributed by atoms with Gasteiger partial charge in [-0.15, -0.1) is 0 Å². The van der Waals surface area contributed by atoms with E-state index in [4.69, 9.17) is 4.43 Å². The van der Waals surface area contributed by atoms with Crippen LogP contribution in [0.25, 0.3) is 0 Å². The van der Waals surface area contributed by atoms with Gasteiger partial charge in [0.15, 0.2) is 8.32 Å². The number of ketones is 1. The lowest BCUT2D eigenvalue weighted by atomic mass is 9.83. The van der Waals surface area contributed by atoms with Crippen LogP contribution in [-0.2, 0) is 9.22 Å². The van der Waals surface area contributed by atoms with Crippen LogP contribution >= 0.6 is 0 Å². The molecule has 4 atom stereocenters. The molecule has 0 spiro atoms. The summed E-state index contributed by atoms with van der Waals surface area (Å²) in [7, 11) is -1.54. The average Bonchev–Trinajstić information content (AvgIpc) is 2.63. The van der Waals surface area contributed by atoms with Crippen molar-refractivity contribution in [2.24, 2.45) is 23.2 Å². The molecule has 0 unspecified atom stereocenters. The lowest BCUT2D eigenvalue weighted by Crippen LogP contribution is -2.43. The van der Waals surface area contributed by atoms with Crippen molar-refractivity contribution in [3.05, 3.63) is 0 Å². The minimum Gasteiger partial charge on any atom is -0.413 e. The number of rotatable bonds is 2. The molecule has 0 saturated heterocycles. The maximum absolute atomic E-state index is 12.1. The molecule has 0 heterocycles. The summed E-state index contributed by atoms with van der Waals surface area (Å²) in [5.41, 5.74) is -0.248. The molecule has 0 aliphatic heterocycles. The highest BCUT2D eigenvalue weighted by Gasteiger charge is 2.69. The minimum absolute atomic E-state index is 0.177. The van der Waals surface area contributed by atoms with Crippen molar-refractivity contribution in [2.75, 3.05) is 0 Å². The Hall–Kier alpha value is -0.153. The van der Waals surface area contributed by atoms with Gasteiger partial charge >= 0.3 is 0 Å². The predicted molar refractivity (Wildman–Crippen MR) is 63.2 cm³/mol. The molecular weight excluding hydrogens is 204 g/mol. The van der Waals surface area contributed by atoms with Crippen LogP contribution < -0.4 is 0 Å². The van der Waals surface area contributed by atoms with Crippen molar-refractivity contribution in [1.29, 1.82) is 0 Å². The third-order valence-corrected chi connectivity index (χ3v) is 4.89. The fourth-order valence-corrected chi connectivity index (χ4v) is 4.24. The van der Waals surface area contributed by atoms with Gasteiger partial charge in [0.1, 0.15) is 5.78 Å². The molecule has 0 aromatic rings. The Balaban J connectivity index is 2.20. The van der Waals surface area contributed by atoms with Gasteiger partial charge in [-0.25, -0.2) is 0 Å². The Morgan fingerprint density at radius 3 is 2.20 bits per heavy atom. The molecule has 86 valence electrons. The molecule has 2 saturated carbocycles.